The van der Waals surface area contributed by atoms with Crippen LogP contribution in [0.3, 0.4) is 0 Å². The first-order valence-electron chi connectivity index (χ1n) is 10.9. The van der Waals surface area contributed by atoms with Crippen molar-refractivity contribution in [1.29, 1.82) is 0 Å². The van der Waals surface area contributed by atoms with E-state index in [1.807, 2.05) is 6.92 Å². The van der Waals surface area contributed by atoms with Gasteiger partial charge in [-0.25, -0.2) is 28.6 Å². The summed E-state index contributed by atoms with van der Waals surface area (Å²) in [5, 5.41) is 23.5. The number of phosphoric acid groups is 3. The summed E-state index contributed by atoms with van der Waals surface area (Å²) in [7, 11) is -16.8. The molecule has 2 aromatic rings. The number of hydrogen-bond acceptors (Lipinski definition) is 13. The van der Waals surface area contributed by atoms with Crippen LogP contribution in [-0.4, -0.2) is 80.1 Å². The number of carbonyl (C=O) groups is 1. The Bertz CT molecular complexity index is 1290. The van der Waals surface area contributed by atoms with Crippen molar-refractivity contribution >= 4 is 46.4 Å². The van der Waals surface area contributed by atoms with Gasteiger partial charge in [-0.2, -0.15) is 8.62 Å². The van der Waals surface area contributed by atoms with E-state index in [0.29, 0.717) is 6.42 Å². The normalized spacial score (nSPS) is 25.2. The molecule has 0 saturated carbocycles. The van der Waals surface area contributed by atoms with Gasteiger partial charge in [-0.05, 0) is 6.42 Å². The Labute approximate surface area is 214 Å². The summed E-state index contributed by atoms with van der Waals surface area (Å²) in [4.78, 5) is 60.3. The molecule has 1 aliphatic heterocycles. The molecule has 1 amide bonds. The van der Waals surface area contributed by atoms with Gasteiger partial charge in [0.15, 0.2) is 23.2 Å². The van der Waals surface area contributed by atoms with Crippen LogP contribution >= 0.6 is 23.5 Å². The topological polar surface area (TPSA) is 282 Å². The number of amides is 1. The molecule has 214 valence electrons. The SMILES string of the molecule is CCCCCC(=O)Nc1ncnc2c1ncn2[C@@H]1O[C@H](COP(=O)(O)OP(=O)(O)OP(=O)(O)O)[C@@H](O)[C@H]1O. The number of aliphatic hydroxyl groups excluding tert-OH is 2. The van der Waals surface area contributed by atoms with E-state index in [1.54, 1.807) is 0 Å². The zero-order valence-corrected chi connectivity index (χ0v) is 22.3. The molecule has 1 fully saturated rings. The van der Waals surface area contributed by atoms with Crippen molar-refractivity contribution in [2.24, 2.45) is 0 Å². The molecule has 7 N–H and O–H groups in total. The van der Waals surface area contributed by atoms with E-state index < -0.39 is 54.6 Å². The Balaban J connectivity index is 1.69. The first-order chi connectivity index (χ1) is 17.6. The number of unbranched alkanes of at least 4 members (excludes halogenated alkanes) is 2. The summed E-state index contributed by atoms with van der Waals surface area (Å²) in [6.07, 6.45) is -1.13. The lowest BCUT2D eigenvalue weighted by Gasteiger charge is -2.19. The summed E-state index contributed by atoms with van der Waals surface area (Å²) in [5.41, 5.74) is 0.256. The fourth-order valence-electron chi connectivity index (χ4n) is 3.43. The average Bonchev–Trinajstić information content (AvgIpc) is 3.32. The van der Waals surface area contributed by atoms with Gasteiger partial charge in [-0.3, -0.25) is 13.9 Å². The number of hydrogen-bond donors (Lipinski definition) is 7. The fraction of sp³-hybridized carbons (Fsp3) is 0.625. The van der Waals surface area contributed by atoms with Crippen LogP contribution < -0.4 is 5.32 Å². The molecule has 38 heavy (non-hydrogen) atoms. The molecule has 1 aliphatic rings. The molecule has 6 atom stereocenters. The predicted molar refractivity (Wildman–Crippen MR) is 124 cm³/mol. The van der Waals surface area contributed by atoms with Gasteiger partial charge >= 0.3 is 23.5 Å². The van der Waals surface area contributed by atoms with E-state index in [0.717, 1.165) is 19.2 Å². The van der Waals surface area contributed by atoms with E-state index in [2.05, 4.69) is 33.4 Å². The van der Waals surface area contributed by atoms with Crippen LogP contribution in [-0.2, 0) is 36.4 Å². The third-order valence-corrected chi connectivity index (χ3v) is 8.86. The van der Waals surface area contributed by atoms with Crippen LogP contribution in [0.4, 0.5) is 5.82 Å². The van der Waals surface area contributed by atoms with Crippen molar-refractivity contribution in [3.05, 3.63) is 12.7 Å². The molecule has 0 bridgehead atoms. The number of phosphoric ester groups is 1. The second-order valence-corrected chi connectivity index (χ2v) is 12.4. The zero-order chi connectivity index (χ0) is 28.3. The molecular formula is C16H26N5O14P3. The quantitative estimate of drug-likeness (QED) is 0.119. The lowest BCUT2D eigenvalue weighted by atomic mass is 10.1. The summed E-state index contributed by atoms with van der Waals surface area (Å²) in [5.74, 6) is -0.181. The number of anilines is 1. The van der Waals surface area contributed by atoms with Gasteiger partial charge in [-0.15, -0.1) is 0 Å². The van der Waals surface area contributed by atoms with Crippen LogP contribution in [0, 0.1) is 0 Å². The Morgan fingerprint density at radius 2 is 1.76 bits per heavy atom. The van der Waals surface area contributed by atoms with Crippen LogP contribution in [0.2, 0.25) is 0 Å². The summed E-state index contributed by atoms with van der Waals surface area (Å²) >= 11 is 0. The van der Waals surface area contributed by atoms with Gasteiger partial charge in [0.25, 0.3) is 0 Å². The second kappa shape index (κ2) is 12.2. The largest absolute Gasteiger partial charge is 0.490 e. The van der Waals surface area contributed by atoms with E-state index in [9.17, 15) is 38.5 Å². The van der Waals surface area contributed by atoms with E-state index in [-0.39, 0.29) is 29.3 Å². The number of fused-ring (bicyclic) bond motifs is 1. The van der Waals surface area contributed by atoms with Gasteiger partial charge in [0.1, 0.15) is 24.6 Å². The maximum absolute atomic E-state index is 12.2. The number of carbonyl (C=O) groups excluding carboxylic acids is 1. The highest BCUT2D eigenvalue weighted by molar-refractivity contribution is 7.66. The van der Waals surface area contributed by atoms with Crippen molar-refractivity contribution in [3.63, 3.8) is 0 Å². The molecule has 1 saturated heterocycles. The maximum atomic E-state index is 12.2. The van der Waals surface area contributed by atoms with Gasteiger partial charge in [0.05, 0.1) is 12.9 Å². The minimum Gasteiger partial charge on any atom is -0.387 e. The number of aromatic nitrogens is 4. The summed E-state index contributed by atoms with van der Waals surface area (Å²) < 4.78 is 52.5. The fourth-order valence-corrected chi connectivity index (χ4v) is 6.46. The highest BCUT2D eigenvalue weighted by Gasteiger charge is 2.47. The number of ether oxygens (including phenoxy) is 1. The van der Waals surface area contributed by atoms with Crippen molar-refractivity contribution in [3.8, 4) is 0 Å². The van der Waals surface area contributed by atoms with Crippen molar-refractivity contribution in [2.75, 3.05) is 11.9 Å². The minimum atomic E-state index is -5.74. The van der Waals surface area contributed by atoms with Crippen molar-refractivity contribution < 1.29 is 66.2 Å². The standard InChI is InChI=1S/C16H26N5O14P3/c1-2-3-4-5-10(22)20-14-11-15(18-7-17-14)21(8-19-11)16-13(24)12(23)9(33-16)6-32-37(28,29)35-38(30,31)34-36(25,26)27/h7-9,12-13,16,23-24H,2-6H2,1H3,(H,28,29)(H,30,31)(H2,25,26,27)(H,17,18,20,22)/t9-,12-,13-,16-/m1/s1. The molecule has 19 nitrogen and oxygen atoms in total. The van der Waals surface area contributed by atoms with Gasteiger partial charge in [-0.1, -0.05) is 19.8 Å². The molecule has 2 unspecified atom stereocenters. The number of imidazole rings is 1. The lowest BCUT2D eigenvalue weighted by Crippen LogP contribution is -2.33. The Kier molecular flexibility index (Phi) is 9.92. The van der Waals surface area contributed by atoms with Gasteiger partial charge < -0.3 is 39.8 Å². The monoisotopic (exact) mass is 605 g/mol. The first kappa shape index (κ1) is 30.8. The first-order valence-corrected chi connectivity index (χ1v) is 15.4. The predicted octanol–water partition coefficient (Wildman–Crippen LogP) is 0.308. The molecule has 3 rings (SSSR count). The number of nitrogens with one attached hydrogen (secondary N) is 1. The Morgan fingerprint density at radius 3 is 2.42 bits per heavy atom. The average molecular weight is 605 g/mol. The van der Waals surface area contributed by atoms with E-state index in [1.165, 1.54) is 10.9 Å². The summed E-state index contributed by atoms with van der Waals surface area (Å²) in [6.45, 7) is 1.01. The Morgan fingerprint density at radius 1 is 1.05 bits per heavy atom. The third kappa shape index (κ3) is 8.16. The molecule has 22 heteroatoms. The second-order valence-electron chi connectivity index (χ2n) is 7.98. The number of rotatable bonds is 13. The molecule has 3 heterocycles. The molecule has 0 aliphatic carbocycles. The van der Waals surface area contributed by atoms with Crippen LogP contribution in [0.5, 0.6) is 0 Å². The van der Waals surface area contributed by atoms with Crippen molar-refractivity contribution in [2.45, 2.75) is 57.1 Å². The highest BCUT2D eigenvalue weighted by Crippen LogP contribution is 2.66. The number of nitrogens with zero attached hydrogens (tertiary/aromatic N) is 4. The zero-order valence-electron chi connectivity index (χ0n) is 19.6. The molecule has 2 aromatic heterocycles. The third-order valence-electron chi connectivity index (χ3n) is 5.05. The Hall–Kier alpha value is -1.69. The highest BCUT2D eigenvalue weighted by atomic mass is 31.3. The van der Waals surface area contributed by atoms with Crippen LogP contribution in [0.25, 0.3) is 11.2 Å². The van der Waals surface area contributed by atoms with Gasteiger partial charge in [0, 0.05) is 6.42 Å². The number of aliphatic hydroxyl groups is 2. The lowest BCUT2D eigenvalue weighted by molar-refractivity contribution is -0.116. The molecular weight excluding hydrogens is 579 g/mol. The van der Waals surface area contributed by atoms with Crippen LogP contribution in [0.1, 0.15) is 38.8 Å². The van der Waals surface area contributed by atoms with Crippen LogP contribution in [0.15, 0.2) is 12.7 Å². The summed E-state index contributed by atoms with van der Waals surface area (Å²) in [6, 6.07) is 0. The maximum Gasteiger partial charge on any atom is 0.490 e. The van der Waals surface area contributed by atoms with E-state index in [4.69, 9.17) is 14.5 Å². The smallest absolute Gasteiger partial charge is 0.387 e. The molecule has 0 radical (unpaired) electrons. The van der Waals surface area contributed by atoms with E-state index >= 15 is 0 Å². The minimum absolute atomic E-state index is 0.104. The van der Waals surface area contributed by atoms with Crippen molar-refractivity contribution in [1.82, 2.24) is 19.5 Å². The molecule has 0 aromatic carbocycles. The van der Waals surface area contributed by atoms with Gasteiger partial charge in [0.2, 0.25) is 5.91 Å². The molecule has 0 spiro atoms.